The molecule has 0 fully saturated rings. The van der Waals surface area contributed by atoms with Crippen LogP contribution in [0.25, 0.3) is 0 Å². The van der Waals surface area contributed by atoms with Gasteiger partial charge in [0.05, 0.1) is 6.61 Å². The van der Waals surface area contributed by atoms with Crippen molar-refractivity contribution in [2.75, 3.05) is 6.61 Å². The van der Waals surface area contributed by atoms with Crippen LogP contribution in [0.15, 0.2) is 0 Å². The Kier molecular flexibility index (Phi) is 2.09. The Bertz CT molecular complexity index is 21.6. The van der Waals surface area contributed by atoms with E-state index in [9.17, 15) is 0 Å². The van der Waals surface area contributed by atoms with Crippen LogP contribution < -0.4 is 5.73 Å². The first-order valence-corrected chi connectivity index (χ1v) is 1.27. The maximum Gasteiger partial charge on any atom is 0.140 e. The van der Waals surface area contributed by atoms with E-state index < -0.39 is 12.8 Å². The van der Waals surface area contributed by atoms with Gasteiger partial charge in [-0.25, -0.2) is 5.73 Å². The minimum absolute atomic E-state index is 0.472. The summed E-state index contributed by atoms with van der Waals surface area (Å²) in [6, 6.07) is 0. The molecule has 5 heavy (non-hydrogen) atoms. The molecule has 0 aromatic rings. The van der Waals surface area contributed by atoms with Gasteiger partial charge in [-0.15, -0.1) is 0 Å². The van der Waals surface area contributed by atoms with Crippen molar-refractivity contribution in [2.24, 2.45) is 0 Å². The first-order chi connectivity index (χ1) is 2.27. The Morgan fingerprint density at radius 1 is 1.80 bits per heavy atom. The van der Waals surface area contributed by atoms with Crippen LogP contribution >= 0.6 is 0 Å². The Morgan fingerprint density at radius 2 is 2.00 bits per heavy atom. The van der Waals surface area contributed by atoms with Crippen LogP contribution in [0.3, 0.4) is 0 Å². The van der Waals surface area contributed by atoms with Gasteiger partial charge in [0.15, 0.2) is 0 Å². The van der Waals surface area contributed by atoms with E-state index >= 15 is 0 Å². The first kappa shape index (κ1) is 4.88. The summed E-state index contributed by atoms with van der Waals surface area (Å²) in [6.07, 6.45) is -1.31. The molecule has 0 aliphatic rings. The van der Waals surface area contributed by atoms with Crippen molar-refractivity contribution in [3.63, 3.8) is 0 Å². The fraction of sp³-hybridized carbons (Fsp3) is 1.00. The molecule has 0 rings (SSSR count). The predicted octanol–water partition coefficient (Wildman–Crippen LogP) is -1.42. The van der Waals surface area contributed by atoms with Crippen molar-refractivity contribution in [3.8, 4) is 0 Å². The summed E-state index contributed by atoms with van der Waals surface area (Å²) >= 11 is 0. The van der Waals surface area contributed by atoms with Crippen LogP contribution in [0.4, 0.5) is 0 Å². The molecule has 3 N–H and O–H groups in total. The van der Waals surface area contributed by atoms with Gasteiger partial charge in [0.1, 0.15) is 6.23 Å². The van der Waals surface area contributed by atoms with Crippen LogP contribution in [-0.4, -0.2) is 23.0 Å². The molecule has 3 heteroatoms. The maximum absolute atomic E-state index is 7.78. The highest BCUT2D eigenvalue weighted by Crippen LogP contribution is 1.60. The topological polar surface area (TPSA) is 64.3 Å². The lowest BCUT2D eigenvalue weighted by atomic mass is 10.7. The van der Waals surface area contributed by atoms with Gasteiger partial charge >= 0.3 is 0 Å². The van der Waals surface area contributed by atoms with Gasteiger partial charge in [0.25, 0.3) is 0 Å². The molecule has 1 atom stereocenters. The summed E-state index contributed by atoms with van der Waals surface area (Å²) in [5.41, 5.74) is 6.13. The first-order valence-electron chi connectivity index (χ1n) is 1.27. The highest BCUT2D eigenvalue weighted by molar-refractivity contribution is 4.29. The molecule has 31 valence electrons. The Labute approximate surface area is 30.0 Å². The lowest BCUT2D eigenvalue weighted by molar-refractivity contribution is 0.0946. The summed E-state index contributed by atoms with van der Waals surface area (Å²) in [6.45, 7) is -0.472. The quantitative estimate of drug-likeness (QED) is 0.402. The van der Waals surface area contributed by atoms with Crippen molar-refractivity contribution in [3.05, 3.63) is 0 Å². The summed E-state index contributed by atoms with van der Waals surface area (Å²) in [5, 5.41) is 15.5. The largest absolute Gasteiger partial charge is 0.392 e. The molecule has 0 aliphatic heterocycles. The minimum atomic E-state index is -1.31. The van der Waals surface area contributed by atoms with Gasteiger partial charge in [-0.3, -0.25) is 0 Å². The van der Waals surface area contributed by atoms with Gasteiger partial charge in [-0.2, -0.15) is 0 Å². The van der Waals surface area contributed by atoms with E-state index in [1.54, 1.807) is 0 Å². The van der Waals surface area contributed by atoms with Gasteiger partial charge in [-0.05, 0) is 0 Å². The third kappa shape index (κ3) is 3.88. The van der Waals surface area contributed by atoms with E-state index in [4.69, 9.17) is 15.9 Å². The second-order valence-electron chi connectivity index (χ2n) is 0.698. The standard InChI is InChI=1S/C2H6NO2/c3-2(5)1-4/h2-5H,1H2. The molecule has 0 aromatic carbocycles. The third-order valence-electron chi connectivity index (χ3n) is 0.173. The number of nitrogens with one attached hydrogen (secondary N) is 1. The van der Waals surface area contributed by atoms with E-state index in [-0.39, 0.29) is 0 Å². The zero-order valence-electron chi connectivity index (χ0n) is 2.68. The monoisotopic (exact) mass is 76.0 g/mol. The number of aliphatic hydroxyl groups is 2. The van der Waals surface area contributed by atoms with Crippen LogP contribution in [0.1, 0.15) is 0 Å². The smallest absolute Gasteiger partial charge is 0.140 e. The highest BCUT2D eigenvalue weighted by atomic mass is 16.3. The molecule has 0 saturated heterocycles. The van der Waals surface area contributed by atoms with E-state index in [2.05, 4.69) is 0 Å². The third-order valence-corrected chi connectivity index (χ3v) is 0.173. The zero-order valence-corrected chi connectivity index (χ0v) is 2.68. The molecule has 3 nitrogen and oxygen atoms in total. The Balaban J connectivity index is 2.54. The SMILES string of the molecule is [NH]C(O)CO. The summed E-state index contributed by atoms with van der Waals surface area (Å²) in [5.74, 6) is 0. The van der Waals surface area contributed by atoms with Gasteiger partial charge in [0, 0.05) is 0 Å². The molecule has 0 saturated carbocycles. The molecular formula is C2H6NO2. The highest BCUT2D eigenvalue weighted by Gasteiger charge is 1.84. The van der Waals surface area contributed by atoms with Crippen molar-refractivity contribution in [2.45, 2.75) is 6.23 Å². The average molecular weight is 76.1 g/mol. The van der Waals surface area contributed by atoms with Gasteiger partial charge in [-0.1, -0.05) is 0 Å². The average Bonchev–Trinajstić information content (AvgIpc) is 1.38. The molecule has 0 bridgehead atoms. The molecule has 0 heterocycles. The van der Waals surface area contributed by atoms with Crippen LogP contribution in [0, 0.1) is 0 Å². The normalized spacial score (nSPS) is 15.0. The molecule has 1 radical (unpaired) electrons. The molecule has 0 aliphatic carbocycles. The number of rotatable bonds is 1. The Morgan fingerprint density at radius 3 is 2.00 bits per heavy atom. The second kappa shape index (κ2) is 2.14. The summed E-state index contributed by atoms with van der Waals surface area (Å²) in [4.78, 5) is 0. The van der Waals surface area contributed by atoms with Crippen molar-refractivity contribution < 1.29 is 10.2 Å². The lowest BCUT2D eigenvalue weighted by Gasteiger charge is -1.89. The number of hydrogen-bond acceptors (Lipinski definition) is 2. The van der Waals surface area contributed by atoms with Gasteiger partial charge in [0.2, 0.25) is 0 Å². The molecular weight excluding hydrogens is 70.0 g/mol. The van der Waals surface area contributed by atoms with Crippen molar-refractivity contribution in [1.82, 2.24) is 5.73 Å². The minimum Gasteiger partial charge on any atom is -0.392 e. The fourth-order valence-electron chi connectivity index (χ4n) is 0. The molecule has 0 aromatic heterocycles. The lowest BCUT2D eigenvalue weighted by Crippen LogP contribution is -2.11. The van der Waals surface area contributed by atoms with Crippen LogP contribution in [0.2, 0.25) is 0 Å². The van der Waals surface area contributed by atoms with E-state index in [0.717, 1.165) is 0 Å². The summed E-state index contributed by atoms with van der Waals surface area (Å²) in [7, 11) is 0. The van der Waals surface area contributed by atoms with Crippen molar-refractivity contribution in [1.29, 1.82) is 0 Å². The summed E-state index contributed by atoms with van der Waals surface area (Å²) < 4.78 is 0. The second-order valence-corrected chi connectivity index (χ2v) is 0.698. The van der Waals surface area contributed by atoms with Crippen LogP contribution in [0.5, 0.6) is 0 Å². The fourth-order valence-corrected chi connectivity index (χ4v) is 0. The van der Waals surface area contributed by atoms with E-state index in [1.807, 2.05) is 0 Å². The molecule has 1 unspecified atom stereocenters. The van der Waals surface area contributed by atoms with Gasteiger partial charge < -0.3 is 10.2 Å². The predicted molar refractivity (Wildman–Crippen MR) is 16.2 cm³/mol. The van der Waals surface area contributed by atoms with Crippen molar-refractivity contribution >= 4 is 0 Å². The molecule has 0 spiro atoms. The Hall–Kier alpha value is -0.120. The van der Waals surface area contributed by atoms with E-state index in [0.29, 0.717) is 0 Å². The number of hydrogen-bond donors (Lipinski definition) is 2. The van der Waals surface area contributed by atoms with E-state index in [1.165, 1.54) is 0 Å². The molecule has 0 amide bonds. The number of aliphatic hydroxyl groups excluding tert-OH is 2. The zero-order chi connectivity index (χ0) is 4.28. The van der Waals surface area contributed by atoms with Crippen LogP contribution in [-0.2, 0) is 0 Å². The maximum atomic E-state index is 7.78.